The molecule has 0 saturated carbocycles. The Balaban J connectivity index is 2.56. The van der Waals surface area contributed by atoms with Crippen LogP contribution in [0.3, 0.4) is 0 Å². The zero-order valence-electron chi connectivity index (χ0n) is 12.0. The Hall–Kier alpha value is -2.55. The summed E-state index contributed by atoms with van der Waals surface area (Å²) in [6.07, 6.45) is 0.853. The van der Waals surface area contributed by atoms with Crippen LogP contribution in [0.2, 0.25) is 0 Å². The molecule has 0 aliphatic heterocycles. The lowest BCUT2D eigenvalue weighted by molar-refractivity contribution is -0.136. The fraction of sp³-hybridized carbons (Fsp3) is 0.400. The molecular formula is C15H19N3O3. The second kappa shape index (κ2) is 8.59. The summed E-state index contributed by atoms with van der Waals surface area (Å²) in [5.74, 6) is -0.830. The number of aliphatic carboxylic acids is 1. The third kappa shape index (κ3) is 5.95. The molecule has 1 aromatic rings. The van der Waals surface area contributed by atoms with Gasteiger partial charge in [0.15, 0.2) is 0 Å². The van der Waals surface area contributed by atoms with E-state index in [4.69, 9.17) is 10.4 Å². The highest BCUT2D eigenvalue weighted by Crippen LogP contribution is 2.12. The normalized spacial score (nSPS) is 9.71. The molecule has 0 aliphatic rings. The Labute approximate surface area is 124 Å². The number of nitrogens with zero attached hydrogens (tertiary/aromatic N) is 2. The molecule has 2 N–H and O–H groups in total. The number of nitriles is 1. The first-order valence-corrected chi connectivity index (χ1v) is 6.80. The van der Waals surface area contributed by atoms with Crippen molar-refractivity contribution in [3.8, 4) is 6.07 Å². The SMILES string of the molecule is CCN(CCC#N)C(=O)Nc1ccc(CCC(=O)O)cc1. The number of anilines is 1. The predicted octanol–water partition coefficient (Wildman–Crippen LogP) is 2.47. The van der Waals surface area contributed by atoms with Crippen LogP contribution in [0.15, 0.2) is 24.3 Å². The van der Waals surface area contributed by atoms with E-state index in [2.05, 4.69) is 5.32 Å². The quantitative estimate of drug-likeness (QED) is 0.806. The summed E-state index contributed by atoms with van der Waals surface area (Å²) >= 11 is 0. The van der Waals surface area contributed by atoms with Crippen molar-refractivity contribution in [3.05, 3.63) is 29.8 Å². The summed E-state index contributed by atoms with van der Waals surface area (Å²) < 4.78 is 0. The van der Waals surface area contributed by atoms with Gasteiger partial charge >= 0.3 is 12.0 Å². The number of amides is 2. The molecule has 1 rings (SSSR count). The summed E-state index contributed by atoms with van der Waals surface area (Å²) in [7, 11) is 0. The van der Waals surface area contributed by atoms with E-state index < -0.39 is 5.97 Å². The summed E-state index contributed by atoms with van der Waals surface area (Å²) in [4.78, 5) is 24.0. The maximum atomic E-state index is 12.0. The minimum atomic E-state index is -0.830. The number of hydrogen-bond donors (Lipinski definition) is 2. The number of rotatable bonds is 7. The van der Waals surface area contributed by atoms with Crippen LogP contribution in [0.4, 0.5) is 10.5 Å². The van der Waals surface area contributed by atoms with Gasteiger partial charge in [0, 0.05) is 25.2 Å². The van der Waals surface area contributed by atoms with Gasteiger partial charge in [-0.2, -0.15) is 5.26 Å². The Morgan fingerprint density at radius 3 is 2.52 bits per heavy atom. The molecule has 112 valence electrons. The number of urea groups is 1. The van der Waals surface area contributed by atoms with E-state index in [0.717, 1.165) is 5.56 Å². The number of carboxylic acids is 1. The average molecular weight is 289 g/mol. The van der Waals surface area contributed by atoms with Crippen molar-refractivity contribution in [1.82, 2.24) is 4.90 Å². The second-order valence-electron chi connectivity index (χ2n) is 4.51. The van der Waals surface area contributed by atoms with Crippen molar-refractivity contribution in [2.24, 2.45) is 0 Å². The van der Waals surface area contributed by atoms with E-state index >= 15 is 0 Å². The van der Waals surface area contributed by atoms with E-state index in [9.17, 15) is 9.59 Å². The molecular weight excluding hydrogens is 270 g/mol. The first-order chi connectivity index (χ1) is 10.1. The Morgan fingerprint density at radius 2 is 2.00 bits per heavy atom. The Morgan fingerprint density at radius 1 is 1.33 bits per heavy atom. The summed E-state index contributed by atoms with van der Waals surface area (Å²) in [5, 5.41) is 19.9. The molecule has 0 unspecified atom stereocenters. The van der Waals surface area contributed by atoms with Gasteiger partial charge in [-0.25, -0.2) is 4.79 Å². The topological polar surface area (TPSA) is 93.4 Å². The van der Waals surface area contributed by atoms with Gasteiger partial charge in [0.05, 0.1) is 12.5 Å². The van der Waals surface area contributed by atoms with Crippen LogP contribution < -0.4 is 5.32 Å². The monoisotopic (exact) mass is 289 g/mol. The molecule has 0 bridgehead atoms. The highest BCUT2D eigenvalue weighted by molar-refractivity contribution is 5.89. The molecule has 2 amide bonds. The van der Waals surface area contributed by atoms with E-state index in [1.54, 1.807) is 29.2 Å². The third-order valence-electron chi connectivity index (χ3n) is 3.00. The van der Waals surface area contributed by atoms with Crippen LogP contribution in [0.25, 0.3) is 0 Å². The molecule has 0 fully saturated rings. The van der Waals surface area contributed by atoms with Crippen LogP contribution in [0.5, 0.6) is 0 Å². The van der Waals surface area contributed by atoms with E-state index in [0.29, 0.717) is 31.6 Å². The standard InChI is InChI=1S/C15H19N3O3/c1-2-18(11-3-10-16)15(21)17-13-7-4-12(5-8-13)6-9-14(19)20/h4-5,7-8H,2-3,6,9,11H2,1H3,(H,17,21)(H,19,20). The third-order valence-corrected chi connectivity index (χ3v) is 3.00. The molecule has 0 saturated heterocycles. The van der Waals surface area contributed by atoms with E-state index in [1.807, 2.05) is 13.0 Å². The molecule has 0 radical (unpaired) electrons. The van der Waals surface area contributed by atoms with Crippen LogP contribution in [-0.2, 0) is 11.2 Å². The maximum absolute atomic E-state index is 12.0. The number of benzene rings is 1. The lowest BCUT2D eigenvalue weighted by Gasteiger charge is -2.20. The maximum Gasteiger partial charge on any atom is 0.321 e. The number of aryl methyl sites for hydroxylation is 1. The molecule has 0 heterocycles. The number of carbonyl (C=O) groups excluding carboxylic acids is 1. The summed E-state index contributed by atoms with van der Waals surface area (Å²) in [5.41, 5.74) is 1.56. The van der Waals surface area contributed by atoms with Gasteiger partial charge < -0.3 is 15.3 Å². The number of carbonyl (C=O) groups is 2. The average Bonchev–Trinajstić information content (AvgIpc) is 2.47. The molecule has 0 spiro atoms. The first kappa shape index (κ1) is 16.5. The molecule has 0 atom stereocenters. The molecule has 21 heavy (non-hydrogen) atoms. The predicted molar refractivity (Wildman–Crippen MR) is 78.9 cm³/mol. The van der Waals surface area contributed by atoms with Gasteiger partial charge in [-0.3, -0.25) is 4.79 Å². The Bertz CT molecular complexity index is 520. The highest BCUT2D eigenvalue weighted by Gasteiger charge is 2.11. The van der Waals surface area contributed by atoms with Crippen LogP contribution in [0, 0.1) is 11.3 Å². The Kier molecular flexibility index (Phi) is 6.75. The molecule has 1 aromatic carbocycles. The van der Waals surface area contributed by atoms with E-state index in [1.165, 1.54) is 0 Å². The van der Waals surface area contributed by atoms with Crippen LogP contribution in [0.1, 0.15) is 25.3 Å². The highest BCUT2D eigenvalue weighted by atomic mass is 16.4. The molecule has 6 heteroatoms. The smallest absolute Gasteiger partial charge is 0.321 e. The van der Waals surface area contributed by atoms with Crippen molar-refractivity contribution in [2.45, 2.75) is 26.2 Å². The fourth-order valence-corrected chi connectivity index (χ4v) is 1.80. The van der Waals surface area contributed by atoms with Gasteiger partial charge in [0.1, 0.15) is 0 Å². The van der Waals surface area contributed by atoms with Gasteiger partial charge in [0.25, 0.3) is 0 Å². The largest absolute Gasteiger partial charge is 0.481 e. The van der Waals surface area contributed by atoms with Gasteiger partial charge in [-0.15, -0.1) is 0 Å². The van der Waals surface area contributed by atoms with Gasteiger partial charge in [-0.1, -0.05) is 12.1 Å². The number of nitrogens with one attached hydrogen (secondary N) is 1. The van der Waals surface area contributed by atoms with Gasteiger partial charge in [-0.05, 0) is 31.0 Å². The van der Waals surface area contributed by atoms with Crippen molar-refractivity contribution in [1.29, 1.82) is 5.26 Å². The lowest BCUT2D eigenvalue weighted by Crippen LogP contribution is -2.35. The second-order valence-corrected chi connectivity index (χ2v) is 4.51. The van der Waals surface area contributed by atoms with Crippen molar-refractivity contribution >= 4 is 17.7 Å². The molecule has 6 nitrogen and oxygen atoms in total. The number of hydrogen-bond acceptors (Lipinski definition) is 3. The minimum Gasteiger partial charge on any atom is -0.481 e. The zero-order chi connectivity index (χ0) is 15.7. The summed E-state index contributed by atoms with van der Waals surface area (Å²) in [6.45, 7) is 2.78. The molecule has 0 aliphatic carbocycles. The van der Waals surface area contributed by atoms with Crippen LogP contribution >= 0.6 is 0 Å². The zero-order valence-corrected chi connectivity index (χ0v) is 12.0. The minimum absolute atomic E-state index is 0.0868. The van der Waals surface area contributed by atoms with Crippen LogP contribution in [-0.4, -0.2) is 35.1 Å². The van der Waals surface area contributed by atoms with E-state index in [-0.39, 0.29) is 12.5 Å². The lowest BCUT2D eigenvalue weighted by atomic mass is 10.1. The van der Waals surface area contributed by atoms with Crippen molar-refractivity contribution in [3.63, 3.8) is 0 Å². The first-order valence-electron chi connectivity index (χ1n) is 6.80. The van der Waals surface area contributed by atoms with Crippen molar-refractivity contribution < 1.29 is 14.7 Å². The molecule has 0 aromatic heterocycles. The van der Waals surface area contributed by atoms with Crippen molar-refractivity contribution in [2.75, 3.05) is 18.4 Å². The fourth-order valence-electron chi connectivity index (χ4n) is 1.80. The van der Waals surface area contributed by atoms with Gasteiger partial charge in [0.2, 0.25) is 0 Å². The number of carboxylic acid groups (broad SMARTS) is 1. The summed E-state index contributed by atoms with van der Waals surface area (Å²) in [6, 6.07) is 8.85.